The predicted molar refractivity (Wildman–Crippen MR) is 69.7 cm³/mol. The molecule has 1 heterocycles. The van der Waals surface area contributed by atoms with Crippen molar-refractivity contribution in [1.29, 1.82) is 0 Å². The summed E-state index contributed by atoms with van der Waals surface area (Å²) in [4.78, 5) is 0. The van der Waals surface area contributed by atoms with Crippen molar-refractivity contribution in [3.05, 3.63) is 34.6 Å². The average molecular weight is 273 g/mol. The van der Waals surface area contributed by atoms with Crippen LogP contribution in [-0.2, 0) is 11.2 Å². The zero-order valence-corrected chi connectivity index (χ0v) is 11.1. The Morgan fingerprint density at radius 3 is 2.94 bits per heavy atom. The van der Waals surface area contributed by atoms with Gasteiger partial charge in [-0.05, 0) is 36.5 Å². The average Bonchev–Trinajstić information content (AvgIpc) is 2.77. The third kappa shape index (κ3) is 3.01. The molecule has 3 nitrogen and oxygen atoms in total. The van der Waals surface area contributed by atoms with Crippen molar-refractivity contribution in [3.63, 3.8) is 0 Å². The van der Waals surface area contributed by atoms with Crippen molar-refractivity contribution in [1.82, 2.24) is 5.43 Å². The number of halogens is 2. The Kier molecular flexibility index (Phi) is 4.56. The van der Waals surface area contributed by atoms with Crippen molar-refractivity contribution in [3.8, 4) is 0 Å². The Bertz CT molecular complexity index is 416. The Morgan fingerprint density at radius 2 is 2.39 bits per heavy atom. The molecule has 3 unspecified atom stereocenters. The minimum Gasteiger partial charge on any atom is -0.376 e. The van der Waals surface area contributed by atoms with Crippen LogP contribution in [0.5, 0.6) is 0 Å². The summed E-state index contributed by atoms with van der Waals surface area (Å²) >= 11 is 5.77. The number of hydrazine groups is 1. The molecule has 100 valence electrons. The van der Waals surface area contributed by atoms with E-state index in [1.54, 1.807) is 12.1 Å². The second-order valence-corrected chi connectivity index (χ2v) is 5.23. The Labute approximate surface area is 111 Å². The normalized spacial score (nSPS) is 25.3. The summed E-state index contributed by atoms with van der Waals surface area (Å²) in [5, 5.41) is 0.142. The van der Waals surface area contributed by atoms with Crippen molar-refractivity contribution in [2.24, 2.45) is 11.8 Å². The van der Waals surface area contributed by atoms with Crippen LogP contribution >= 0.6 is 11.6 Å². The standard InChI is InChI=1S/C13H18ClFN2O/c1-8-4-5-18-13(8)12(17-16)7-9-2-3-11(15)10(14)6-9/h2-3,6,8,12-13,17H,4-5,7,16H2,1H3. The summed E-state index contributed by atoms with van der Waals surface area (Å²) in [7, 11) is 0. The molecule has 18 heavy (non-hydrogen) atoms. The van der Waals surface area contributed by atoms with Gasteiger partial charge in [0.2, 0.25) is 0 Å². The van der Waals surface area contributed by atoms with E-state index in [1.165, 1.54) is 6.07 Å². The lowest BCUT2D eigenvalue weighted by molar-refractivity contribution is 0.0610. The molecule has 0 radical (unpaired) electrons. The molecule has 1 aromatic rings. The van der Waals surface area contributed by atoms with Crippen LogP contribution in [0.1, 0.15) is 18.9 Å². The van der Waals surface area contributed by atoms with Gasteiger partial charge in [0.1, 0.15) is 5.82 Å². The minimum atomic E-state index is -0.400. The summed E-state index contributed by atoms with van der Waals surface area (Å²) in [6.45, 7) is 2.92. The maximum Gasteiger partial charge on any atom is 0.141 e. The summed E-state index contributed by atoms with van der Waals surface area (Å²) in [5.41, 5.74) is 3.75. The molecule has 1 saturated heterocycles. The molecule has 1 aromatic carbocycles. The fourth-order valence-electron chi connectivity index (χ4n) is 2.42. The van der Waals surface area contributed by atoms with Gasteiger partial charge in [0.15, 0.2) is 0 Å². The zero-order chi connectivity index (χ0) is 13.1. The number of nitrogens with one attached hydrogen (secondary N) is 1. The fourth-order valence-corrected chi connectivity index (χ4v) is 2.62. The largest absolute Gasteiger partial charge is 0.376 e. The maximum atomic E-state index is 13.1. The zero-order valence-electron chi connectivity index (χ0n) is 10.3. The summed E-state index contributed by atoms with van der Waals surface area (Å²) in [6, 6.07) is 4.76. The van der Waals surface area contributed by atoms with Crippen LogP contribution in [-0.4, -0.2) is 18.8 Å². The first-order valence-electron chi connectivity index (χ1n) is 6.13. The summed E-state index contributed by atoms with van der Waals surface area (Å²) in [6.07, 6.45) is 1.82. The van der Waals surface area contributed by atoms with Gasteiger partial charge in [0.05, 0.1) is 17.2 Å². The van der Waals surface area contributed by atoms with Crippen molar-refractivity contribution in [2.75, 3.05) is 6.61 Å². The molecule has 0 amide bonds. The Balaban J connectivity index is 2.07. The van der Waals surface area contributed by atoms with Gasteiger partial charge in [-0.25, -0.2) is 4.39 Å². The van der Waals surface area contributed by atoms with E-state index >= 15 is 0 Å². The lowest BCUT2D eigenvalue weighted by Crippen LogP contribution is -2.47. The van der Waals surface area contributed by atoms with Crippen LogP contribution in [0.3, 0.4) is 0 Å². The van der Waals surface area contributed by atoms with Gasteiger partial charge < -0.3 is 4.74 Å². The number of hydrogen-bond acceptors (Lipinski definition) is 3. The Morgan fingerprint density at radius 1 is 1.61 bits per heavy atom. The van der Waals surface area contributed by atoms with E-state index in [-0.39, 0.29) is 17.2 Å². The molecule has 0 spiro atoms. The van der Waals surface area contributed by atoms with E-state index in [2.05, 4.69) is 12.3 Å². The number of benzene rings is 1. The molecule has 0 saturated carbocycles. The summed E-state index contributed by atoms with van der Waals surface area (Å²) in [5.74, 6) is 5.67. The molecule has 5 heteroatoms. The smallest absolute Gasteiger partial charge is 0.141 e. The van der Waals surface area contributed by atoms with Gasteiger partial charge in [-0.15, -0.1) is 0 Å². The highest BCUT2D eigenvalue weighted by Crippen LogP contribution is 2.25. The SMILES string of the molecule is CC1CCOC1C(Cc1ccc(F)c(Cl)c1)NN. The highest BCUT2D eigenvalue weighted by atomic mass is 35.5. The third-order valence-electron chi connectivity index (χ3n) is 3.49. The van der Waals surface area contributed by atoms with Crippen molar-refractivity contribution in [2.45, 2.75) is 31.9 Å². The highest BCUT2D eigenvalue weighted by molar-refractivity contribution is 6.30. The van der Waals surface area contributed by atoms with Gasteiger partial charge in [0.25, 0.3) is 0 Å². The maximum absolute atomic E-state index is 13.1. The lowest BCUT2D eigenvalue weighted by atomic mass is 9.93. The molecular weight excluding hydrogens is 255 g/mol. The molecule has 1 fully saturated rings. The van der Waals surface area contributed by atoms with E-state index in [9.17, 15) is 4.39 Å². The molecule has 3 N–H and O–H groups in total. The van der Waals surface area contributed by atoms with Gasteiger partial charge in [-0.2, -0.15) is 0 Å². The van der Waals surface area contributed by atoms with E-state index in [0.717, 1.165) is 18.6 Å². The van der Waals surface area contributed by atoms with Crippen molar-refractivity contribution >= 4 is 11.6 Å². The number of hydrogen-bond donors (Lipinski definition) is 2. The molecule has 2 rings (SSSR count). The molecule has 0 aliphatic carbocycles. The van der Waals surface area contributed by atoms with E-state index in [4.69, 9.17) is 22.2 Å². The number of nitrogens with two attached hydrogens (primary N) is 1. The molecule has 1 aliphatic rings. The molecule has 0 aromatic heterocycles. The molecular formula is C13H18ClFN2O. The van der Waals surface area contributed by atoms with Crippen molar-refractivity contribution < 1.29 is 9.13 Å². The second-order valence-electron chi connectivity index (χ2n) is 4.83. The second kappa shape index (κ2) is 5.97. The number of ether oxygens (including phenoxy) is 1. The van der Waals surface area contributed by atoms with Gasteiger partial charge >= 0.3 is 0 Å². The van der Waals surface area contributed by atoms with Crippen LogP contribution in [0.2, 0.25) is 5.02 Å². The monoisotopic (exact) mass is 272 g/mol. The van der Waals surface area contributed by atoms with E-state index in [1.807, 2.05) is 0 Å². The van der Waals surface area contributed by atoms with Crippen LogP contribution in [0.25, 0.3) is 0 Å². The number of rotatable bonds is 4. The first-order valence-corrected chi connectivity index (χ1v) is 6.51. The van der Waals surface area contributed by atoms with Gasteiger partial charge in [0, 0.05) is 6.61 Å². The van der Waals surface area contributed by atoms with E-state index < -0.39 is 5.82 Å². The first kappa shape index (κ1) is 13.7. The first-order chi connectivity index (χ1) is 8.61. The highest BCUT2D eigenvalue weighted by Gasteiger charge is 2.31. The Hall–Kier alpha value is -0.680. The molecule has 0 bridgehead atoms. The quantitative estimate of drug-likeness (QED) is 0.653. The topological polar surface area (TPSA) is 47.3 Å². The van der Waals surface area contributed by atoms with Crippen LogP contribution in [0.15, 0.2) is 18.2 Å². The minimum absolute atomic E-state index is 0.0176. The van der Waals surface area contributed by atoms with Gasteiger partial charge in [-0.3, -0.25) is 11.3 Å². The summed E-state index contributed by atoms with van der Waals surface area (Å²) < 4.78 is 18.8. The lowest BCUT2D eigenvalue weighted by Gasteiger charge is -2.25. The fraction of sp³-hybridized carbons (Fsp3) is 0.538. The molecule has 3 atom stereocenters. The van der Waals surface area contributed by atoms with Crippen LogP contribution < -0.4 is 11.3 Å². The van der Waals surface area contributed by atoms with E-state index in [0.29, 0.717) is 12.3 Å². The third-order valence-corrected chi connectivity index (χ3v) is 3.78. The van der Waals surface area contributed by atoms with Crippen LogP contribution in [0.4, 0.5) is 4.39 Å². The predicted octanol–water partition coefficient (Wildman–Crippen LogP) is 2.28. The van der Waals surface area contributed by atoms with Crippen LogP contribution in [0, 0.1) is 11.7 Å². The van der Waals surface area contributed by atoms with Gasteiger partial charge in [-0.1, -0.05) is 24.6 Å². The molecule has 1 aliphatic heterocycles.